The molecule has 6 nitrogen and oxygen atoms in total. The second-order valence-electron chi connectivity index (χ2n) is 6.93. The second kappa shape index (κ2) is 7.90. The van der Waals surface area contributed by atoms with Crippen molar-refractivity contribution in [3.8, 4) is 5.88 Å². The summed E-state index contributed by atoms with van der Waals surface area (Å²) in [6.07, 6.45) is 2.18. The summed E-state index contributed by atoms with van der Waals surface area (Å²) in [5.41, 5.74) is 2.03. The highest BCUT2D eigenvalue weighted by Gasteiger charge is 2.34. The lowest BCUT2D eigenvalue weighted by Crippen LogP contribution is -2.31. The van der Waals surface area contributed by atoms with Crippen LogP contribution in [-0.2, 0) is 4.79 Å². The number of amides is 1. The number of fused-ring (bicyclic) bond motifs is 1. The molecule has 1 atom stereocenters. The number of hydrogen-bond donors (Lipinski definition) is 0. The smallest absolute Gasteiger partial charge is 0.281 e. The van der Waals surface area contributed by atoms with Crippen molar-refractivity contribution in [3.05, 3.63) is 61.5 Å². The van der Waals surface area contributed by atoms with Gasteiger partial charge in [-0.3, -0.25) is 4.79 Å². The SMILES string of the molecule is Cc1sc2ncnc(OCC(=O)N3N=C(c4cccs4)CC3c3cccs3)c2c1C. The molecule has 1 aliphatic rings. The Kier molecular flexibility index (Phi) is 5.10. The van der Waals surface area contributed by atoms with Crippen molar-refractivity contribution in [1.29, 1.82) is 0 Å². The molecule has 0 aromatic carbocycles. The fraction of sp³-hybridized carbons (Fsp3) is 0.238. The van der Waals surface area contributed by atoms with Crippen molar-refractivity contribution in [1.82, 2.24) is 15.0 Å². The van der Waals surface area contributed by atoms with E-state index < -0.39 is 0 Å². The molecule has 0 bridgehead atoms. The first kappa shape index (κ1) is 19.3. The third-order valence-electron chi connectivity index (χ3n) is 5.11. The van der Waals surface area contributed by atoms with E-state index in [4.69, 9.17) is 4.74 Å². The number of ether oxygens (including phenoxy) is 1. The van der Waals surface area contributed by atoms with Crippen molar-refractivity contribution in [2.45, 2.75) is 26.3 Å². The predicted molar refractivity (Wildman–Crippen MR) is 122 cm³/mol. The molecule has 0 N–H and O–H groups in total. The monoisotopic (exact) mass is 454 g/mol. The van der Waals surface area contributed by atoms with Gasteiger partial charge in [-0.05, 0) is 42.3 Å². The summed E-state index contributed by atoms with van der Waals surface area (Å²) in [5.74, 6) is 0.265. The van der Waals surface area contributed by atoms with Gasteiger partial charge in [-0.2, -0.15) is 5.10 Å². The summed E-state index contributed by atoms with van der Waals surface area (Å²) in [6, 6.07) is 7.99. The molecule has 4 aromatic heterocycles. The van der Waals surface area contributed by atoms with Crippen LogP contribution in [-0.4, -0.2) is 33.2 Å². The number of hydrazone groups is 1. The van der Waals surface area contributed by atoms with Gasteiger partial charge in [-0.25, -0.2) is 15.0 Å². The van der Waals surface area contributed by atoms with E-state index in [9.17, 15) is 4.79 Å². The van der Waals surface area contributed by atoms with Crippen LogP contribution in [0.3, 0.4) is 0 Å². The van der Waals surface area contributed by atoms with Gasteiger partial charge in [-0.15, -0.1) is 34.0 Å². The van der Waals surface area contributed by atoms with Crippen molar-refractivity contribution in [2.24, 2.45) is 5.10 Å². The lowest BCUT2D eigenvalue weighted by molar-refractivity contribution is -0.135. The molecule has 9 heteroatoms. The highest BCUT2D eigenvalue weighted by molar-refractivity contribution is 7.18. The molecule has 30 heavy (non-hydrogen) atoms. The van der Waals surface area contributed by atoms with Crippen LogP contribution in [0.5, 0.6) is 5.88 Å². The van der Waals surface area contributed by atoms with Crippen molar-refractivity contribution in [2.75, 3.05) is 6.61 Å². The number of hydrogen-bond acceptors (Lipinski definition) is 8. The fourth-order valence-corrected chi connectivity index (χ4v) is 6.01. The summed E-state index contributed by atoms with van der Waals surface area (Å²) in [4.78, 5) is 26.0. The van der Waals surface area contributed by atoms with Crippen LogP contribution >= 0.6 is 34.0 Å². The van der Waals surface area contributed by atoms with Gasteiger partial charge in [0.05, 0.1) is 22.0 Å². The van der Waals surface area contributed by atoms with Crippen LogP contribution in [0, 0.1) is 13.8 Å². The molecular formula is C21H18N4O2S3. The van der Waals surface area contributed by atoms with Crippen molar-refractivity contribution >= 4 is 55.8 Å². The largest absolute Gasteiger partial charge is 0.467 e. The Morgan fingerprint density at radius 1 is 1.20 bits per heavy atom. The minimum atomic E-state index is -0.184. The molecule has 5 heterocycles. The maximum absolute atomic E-state index is 13.1. The Balaban J connectivity index is 1.40. The topological polar surface area (TPSA) is 67.7 Å². The van der Waals surface area contributed by atoms with Crippen LogP contribution in [0.25, 0.3) is 10.2 Å². The molecule has 0 saturated heterocycles. The molecular weight excluding hydrogens is 436 g/mol. The van der Waals surface area contributed by atoms with Gasteiger partial charge in [0.25, 0.3) is 5.91 Å². The van der Waals surface area contributed by atoms with E-state index in [0.717, 1.165) is 31.2 Å². The summed E-state index contributed by atoms with van der Waals surface area (Å²) >= 11 is 4.88. The number of aromatic nitrogens is 2. The van der Waals surface area contributed by atoms with E-state index in [-0.39, 0.29) is 18.6 Å². The zero-order chi connectivity index (χ0) is 20.7. The van der Waals surface area contributed by atoms with Crippen LogP contribution in [0.15, 0.2) is 46.5 Å². The quantitative estimate of drug-likeness (QED) is 0.416. The van der Waals surface area contributed by atoms with Gasteiger partial charge in [-0.1, -0.05) is 12.1 Å². The van der Waals surface area contributed by atoms with Gasteiger partial charge in [0.1, 0.15) is 11.2 Å². The zero-order valence-electron chi connectivity index (χ0n) is 16.4. The normalized spacial score (nSPS) is 16.3. The third kappa shape index (κ3) is 3.42. The van der Waals surface area contributed by atoms with Crippen LogP contribution in [0.1, 0.15) is 32.7 Å². The number of aryl methyl sites for hydroxylation is 2. The molecule has 1 aliphatic heterocycles. The number of carbonyl (C=O) groups excluding carboxylic acids is 1. The minimum Gasteiger partial charge on any atom is -0.467 e. The highest BCUT2D eigenvalue weighted by atomic mass is 32.1. The Labute approximate surface area is 185 Å². The molecule has 1 amide bonds. The van der Waals surface area contributed by atoms with E-state index in [1.54, 1.807) is 39.0 Å². The number of nitrogens with zero attached hydrogens (tertiary/aromatic N) is 4. The Morgan fingerprint density at radius 2 is 2.03 bits per heavy atom. The minimum absolute atomic E-state index is 0.103. The average Bonchev–Trinajstić information content (AvgIpc) is 3.53. The van der Waals surface area contributed by atoms with Crippen LogP contribution in [0.2, 0.25) is 0 Å². The van der Waals surface area contributed by atoms with Crippen LogP contribution in [0.4, 0.5) is 0 Å². The average molecular weight is 455 g/mol. The first-order chi connectivity index (χ1) is 14.6. The Hall–Kier alpha value is -2.62. The maximum Gasteiger partial charge on any atom is 0.281 e. The number of thiophene rings is 3. The molecule has 0 radical (unpaired) electrons. The maximum atomic E-state index is 13.1. The molecule has 0 fully saturated rings. The predicted octanol–water partition coefficient (Wildman–Crippen LogP) is 5.19. The summed E-state index contributed by atoms with van der Waals surface area (Å²) in [5, 5.41) is 11.2. The van der Waals surface area contributed by atoms with E-state index in [0.29, 0.717) is 12.3 Å². The van der Waals surface area contributed by atoms with E-state index in [1.165, 1.54) is 11.2 Å². The standard InChI is InChI=1S/C21H18N4O2S3/c1-12-13(2)30-21-19(12)20(22-11-23-21)27-10-18(26)25-15(17-6-4-8-29-17)9-14(24-25)16-5-3-7-28-16/h3-8,11,15H,9-10H2,1-2H3. The molecule has 0 saturated carbocycles. The van der Waals surface area contributed by atoms with Crippen LogP contribution < -0.4 is 4.74 Å². The van der Waals surface area contributed by atoms with Crippen molar-refractivity contribution in [3.63, 3.8) is 0 Å². The molecule has 152 valence electrons. The Morgan fingerprint density at radius 3 is 2.80 bits per heavy atom. The molecule has 5 rings (SSSR count). The third-order valence-corrected chi connectivity index (χ3v) is 8.11. The van der Waals surface area contributed by atoms with Gasteiger partial charge in [0.2, 0.25) is 5.88 Å². The summed E-state index contributed by atoms with van der Waals surface area (Å²) in [6.45, 7) is 3.95. The van der Waals surface area contributed by atoms with E-state index in [1.807, 2.05) is 42.8 Å². The summed E-state index contributed by atoms with van der Waals surface area (Å²) < 4.78 is 5.88. The van der Waals surface area contributed by atoms with Gasteiger partial charge in [0, 0.05) is 16.2 Å². The molecule has 0 aliphatic carbocycles. The van der Waals surface area contributed by atoms with E-state index >= 15 is 0 Å². The molecule has 1 unspecified atom stereocenters. The highest BCUT2D eigenvalue weighted by Crippen LogP contribution is 2.37. The zero-order valence-corrected chi connectivity index (χ0v) is 18.8. The number of rotatable bonds is 5. The first-order valence-electron chi connectivity index (χ1n) is 9.42. The van der Waals surface area contributed by atoms with E-state index in [2.05, 4.69) is 21.1 Å². The summed E-state index contributed by atoms with van der Waals surface area (Å²) in [7, 11) is 0. The number of carbonyl (C=O) groups is 1. The lowest BCUT2D eigenvalue weighted by atomic mass is 10.1. The fourth-order valence-electron chi connectivity index (χ4n) is 3.49. The van der Waals surface area contributed by atoms with Gasteiger partial charge >= 0.3 is 0 Å². The Bertz CT molecular complexity index is 1230. The molecule has 4 aromatic rings. The van der Waals surface area contributed by atoms with Gasteiger partial charge in [0.15, 0.2) is 6.61 Å². The van der Waals surface area contributed by atoms with Crippen molar-refractivity contribution < 1.29 is 9.53 Å². The lowest BCUT2D eigenvalue weighted by Gasteiger charge is -2.20. The molecule has 0 spiro atoms. The first-order valence-corrected chi connectivity index (χ1v) is 12.0. The second-order valence-corrected chi connectivity index (χ2v) is 10.1. The van der Waals surface area contributed by atoms with Gasteiger partial charge < -0.3 is 4.74 Å².